The summed E-state index contributed by atoms with van der Waals surface area (Å²) >= 11 is 0. The van der Waals surface area contributed by atoms with Crippen LogP contribution in [0.3, 0.4) is 0 Å². The van der Waals surface area contributed by atoms with Crippen LogP contribution >= 0.6 is 0 Å². The van der Waals surface area contributed by atoms with Crippen molar-refractivity contribution in [2.24, 2.45) is 0 Å². The van der Waals surface area contributed by atoms with Crippen molar-refractivity contribution in [1.82, 2.24) is 14.9 Å². The highest BCUT2D eigenvalue weighted by Crippen LogP contribution is 2.11. The lowest BCUT2D eigenvalue weighted by Gasteiger charge is -2.17. The Morgan fingerprint density at radius 3 is 2.48 bits per heavy atom. The Balaban J connectivity index is 1.53. The second-order valence-corrected chi connectivity index (χ2v) is 6.42. The summed E-state index contributed by atoms with van der Waals surface area (Å²) in [5, 5.41) is 3.37. The number of hydrogen-bond donors (Lipinski definition) is 1. The van der Waals surface area contributed by atoms with E-state index < -0.39 is 0 Å². The van der Waals surface area contributed by atoms with Gasteiger partial charge in [-0.3, -0.25) is 14.8 Å². The highest BCUT2D eigenvalue weighted by atomic mass is 16.2. The Morgan fingerprint density at radius 1 is 0.963 bits per heavy atom. The topological polar surface area (TPSA) is 58.1 Å². The van der Waals surface area contributed by atoms with Crippen LogP contribution in [0.15, 0.2) is 73.2 Å². The molecule has 0 atom stereocenters. The molecule has 1 N–H and O–H groups in total. The monoisotopic (exact) mass is 360 g/mol. The zero-order valence-corrected chi connectivity index (χ0v) is 15.5. The van der Waals surface area contributed by atoms with Crippen LogP contribution in [0.2, 0.25) is 0 Å². The average molecular weight is 360 g/mol. The zero-order valence-electron chi connectivity index (χ0n) is 15.5. The number of anilines is 1. The number of nitrogens with one attached hydrogen (secondary N) is 1. The summed E-state index contributed by atoms with van der Waals surface area (Å²) in [5.74, 6) is -0.0734. The number of pyridine rings is 2. The Hall–Kier alpha value is -3.21. The van der Waals surface area contributed by atoms with E-state index in [9.17, 15) is 4.79 Å². The van der Waals surface area contributed by atoms with Crippen molar-refractivity contribution >= 4 is 11.6 Å². The number of carbonyl (C=O) groups is 1. The molecule has 138 valence electrons. The van der Waals surface area contributed by atoms with Crippen LogP contribution < -0.4 is 5.32 Å². The third-order valence-corrected chi connectivity index (χ3v) is 4.40. The largest absolute Gasteiger partial charge is 0.385 e. The van der Waals surface area contributed by atoms with Crippen LogP contribution in [0.5, 0.6) is 0 Å². The number of amides is 1. The normalized spacial score (nSPS) is 10.4. The molecule has 0 aliphatic carbocycles. The highest BCUT2D eigenvalue weighted by molar-refractivity contribution is 5.92. The molecule has 2 aromatic heterocycles. The molecule has 3 rings (SSSR count). The minimum atomic E-state index is -0.0734. The van der Waals surface area contributed by atoms with Gasteiger partial charge < -0.3 is 10.2 Å². The molecule has 0 saturated carbocycles. The van der Waals surface area contributed by atoms with E-state index in [4.69, 9.17) is 0 Å². The summed E-state index contributed by atoms with van der Waals surface area (Å²) in [6, 6.07) is 18.0. The van der Waals surface area contributed by atoms with Crippen molar-refractivity contribution < 1.29 is 4.79 Å². The first-order valence-corrected chi connectivity index (χ1v) is 9.10. The highest BCUT2D eigenvalue weighted by Gasteiger charge is 2.13. The number of carbonyl (C=O) groups excluding carboxylic acids is 1. The number of aromatic nitrogens is 2. The van der Waals surface area contributed by atoms with Crippen LogP contribution in [0.25, 0.3) is 0 Å². The first-order valence-electron chi connectivity index (χ1n) is 9.10. The van der Waals surface area contributed by atoms with Crippen molar-refractivity contribution in [1.29, 1.82) is 0 Å². The van der Waals surface area contributed by atoms with Crippen LogP contribution in [-0.2, 0) is 12.8 Å². The van der Waals surface area contributed by atoms with Gasteiger partial charge in [-0.2, -0.15) is 0 Å². The standard InChI is InChI=1S/C22H24N4O/c1-26(16-11-19-7-12-23-13-8-19)22(27)21-17-20(10-15-25-21)24-14-9-18-5-3-2-4-6-18/h2-8,10,12-13,15,17H,9,11,14,16H2,1H3,(H,24,25). The lowest BCUT2D eigenvalue weighted by atomic mass is 10.1. The summed E-state index contributed by atoms with van der Waals surface area (Å²) in [6.45, 7) is 1.44. The van der Waals surface area contributed by atoms with Gasteiger partial charge in [0.1, 0.15) is 5.69 Å². The Kier molecular flexibility index (Phi) is 6.52. The summed E-state index contributed by atoms with van der Waals surface area (Å²) < 4.78 is 0. The molecule has 0 aliphatic heterocycles. The maximum atomic E-state index is 12.6. The first kappa shape index (κ1) is 18.6. The summed E-state index contributed by atoms with van der Waals surface area (Å²) in [7, 11) is 1.81. The second-order valence-electron chi connectivity index (χ2n) is 6.42. The van der Waals surface area contributed by atoms with E-state index in [1.165, 1.54) is 5.56 Å². The fraction of sp³-hybridized carbons (Fsp3) is 0.227. The van der Waals surface area contributed by atoms with E-state index in [1.54, 1.807) is 30.5 Å². The molecule has 5 nitrogen and oxygen atoms in total. The van der Waals surface area contributed by atoms with E-state index in [1.807, 2.05) is 42.5 Å². The van der Waals surface area contributed by atoms with Crippen molar-refractivity contribution in [3.05, 3.63) is 90.0 Å². The van der Waals surface area contributed by atoms with Gasteiger partial charge in [-0.15, -0.1) is 0 Å². The molecule has 0 bridgehead atoms. The van der Waals surface area contributed by atoms with E-state index >= 15 is 0 Å². The number of rotatable bonds is 8. The van der Waals surface area contributed by atoms with Gasteiger partial charge >= 0.3 is 0 Å². The summed E-state index contributed by atoms with van der Waals surface area (Å²) in [5.41, 5.74) is 3.81. The van der Waals surface area contributed by atoms with Gasteiger partial charge in [0.05, 0.1) is 0 Å². The lowest BCUT2D eigenvalue weighted by molar-refractivity contribution is 0.0791. The maximum absolute atomic E-state index is 12.6. The molecule has 0 aliphatic rings. The lowest BCUT2D eigenvalue weighted by Crippen LogP contribution is -2.29. The van der Waals surface area contributed by atoms with Crippen molar-refractivity contribution in [2.45, 2.75) is 12.8 Å². The van der Waals surface area contributed by atoms with Crippen LogP contribution in [0, 0.1) is 0 Å². The number of hydrogen-bond acceptors (Lipinski definition) is 4. The first-order chi connectivity index (χ1) is 13.2. The molecular formula is C22H24N4O. The van der Waals surface area contributed by atoms with Crippen molar-refractivity contribution in [3.63, 3.8) is 0 Å². The SMILES string of the molecule is CN(CCc1ccncc1)C(=O)c1cc(NCCc2ccccc2)ccn1. The molecule has 0 unspecified atom stereocenters. The summed E-state index contributed by atoms with van der Waals surface area (Å²) in [4.78, 5) is 22.6. The molecule has 0 spiro atoms. The molecule has 0 saturated heterocycles. The van der Waals surface area contributed by atoms with Crippen LogP contribution in [0.1, 0.15) is 21.6 Å². The minimum Gasteiger partial charge on any atom is -0.385 e. The third-order valence-electron chi connectivity index (χ3n) is 4.40. The molecule has 27 heavy (non-hydrogen) atoms. The molecule has 2 heterocycles. The molecular weight excluding hydrogens is 336 g/mol. The second kappa shape index (κ2) is 9.48. The average Bonchev–Trinajstić information content (AvgIpc) is 2.73. The van der Waals surface area contributed by atoms with E-state index in [0.29, 0.717) is 12.2 Å². The van der Waals surface area contributed by atoms with Crippen LogP contribution in [0.4, 0.5) is 5.69 Å². The molecule has 3 aromatic rings. The van der Waals surface area contributed by atoms with Gasteiger partial charge in [0.25, 0.3) is 5.91 Å². The molecule has 5 heteroatoms. The molecule has 0 radical (unpaired) electrons. The molecule has 0 fully saturated rings. The van der Waals surface area contributed by atoms with E-state index in [-0.39, 0.29) is 5.91 Å². The van der Waals surface area contributed by atoms with Crippen molar-refractivity contribution in [2.75, 3.05) is 25.5 Å². The predicted octanol–water partition coefficient (Wildman–Crippen LogP) is 3.45. The van der Waals surface area contributed by atoms with Crippen LogP contribution in [-0.4, -0.2) is 40.9 Å². The maximum Gasteiger partial charge on any atom is 0.272 e. The zero-order chi connectivity index (χ0) is 18.9. The van der Waals surface area contributed by atoms with Gasteiger partial charge in [-0.1, -0.05) is 30.3 Å². The smallest absolute Gasteiger partial charge is 0.272 e. The molecule has 1 amide bonds. The third kappa shape index (κ3) is 5.64. The summed E-state index contributed by atoms with van der Waals surface area (Å²) in [6.07, 6.45) is 6.93. The minimum absolute atomic E-state index is 0.0734. The van der Waals surface area contributed by atoms with Gasteiger partial charge in [0.15, 0.2) is 0 Å². The fourth-order valence-electron chi connectivity index (χ4n) is 2.80. The van der Waals surface area contributed by atoms with Crippen molar-refractivity contribution in [3.8, 4) is 0 Å². The van der Waals surface area contributed by atoms with E-state index in [0.717, 1.165) is 30.6 Å². The van der Waals surface area contributed by atoms with Gasteiger partial charge in [-0.25, -0.2) is 0 Å². The predicted molar refractivity (Wildman–Crippen MR) is 108 cm³/mol. The van der Waals surface area contributed by atoms with Gasteiger partial charge in [-0.05, 0) is 48.2 Å². The number of nitrogens with zero attached hydrogens (tertiary/aromatic N) is 3. The number of likely N-dealkylation sites (N-methyl/N-ethyl adjacent to an activating group) is 1. The Labute approximate surface area is 160 Å². The number of benzene rings is 1. The quantitative estimate of drug-likeness (QED) is 0.668. The molecule has 1 aromatic carbocycles. The Morgan fingerprint density at radius 2 is 1.70 bits per heavy atom. The Bertz CT molecular complexity index is 852. The van der Waals surface area contributed by atoms with Gasteiger partial charge in [0, 0.05) is 44.4 Å². The van der Waals surface area contributed by atoms with Gasteiger partial charge in [0.2, 0.25) is 0 Å². The van der Waals surface area contributed by atoms with E-state index in [2.05, 4.69) is 27.4 Å². The fourth-order valence-corrected chi connectivity index (χ4v) is 2.80.